The van der Waals surface area contributed by atoms with E-state index in [1.165, 1.54) is 10.7 Å². The lowest BCUT2D eigenvalue weighted by Crippen LogP contribution is -2.31. The molecule has 0 spiro atoms. The first-order valence-corrected chi connectivity index (χ1v) is 8.58. The van der Waals surface area contributed by atoms with Gasteiger partial charge in [-0.3, -0.25) is 9.78 Å². The van der Waals surface area contributed by atoms with Crippen LogP contribution in [0.4, 0.5) is 4.39 Å². The van der Waals surface area contributed by atoms with Gasteiger partial charge in [-0.25, -0.2) is 9.07 Å². The summed E-state index contributed by atoms with van der Waals surface area (Å²) in [6.07, 6.45) is 5.12. The maximum Gasteiger partial charge on any atom is 0.276 e. The zero-order valence-corrected chi connectivity index (χ0v) is 14.1. The van der Waals surface area contributed by atoms with Gasteiger partial charge in [-0.2, -0.15) is 0 Å². The van der Waals surface area contributed by atoms with E-state index in [-0.39, 0.29) is 30.0 Å². The minimum Gasteiger partial charge on any atom is -0.329 e. The van der Waals surface area contributed by atoms with Gasteiger partial charge in [-0.05, 0) is 31.0 Å². The van der Waals surface area contributed by atoms with Gasteiger partial charge in [0.2, 0.25) is 0 Å². The van der Waals surface area contributed by atoms with Gasteiger partial charge < -0.3 is 4.90 Å². The normalized spacial score (nSPS) is 16.8. The summed E-state index contributed by atoms with van der Waals surface area (Å²) >= 11 is 0. The van der Waals surface area contributed by atoms with Gasteiger partial charge in [0, 0.05) is 18.3 Å². The molecular weight excluding hydrogens is 333 g/mol. The Balaban J connectivity index is 1.52. The summed E-state index contributed by atoms with van der Waals surface area (Å²) in [7, 11) is 0. The summed E-state index contributed by atoms with van der Waals surface area (Å²) < 4.78 is 15.3. The number of hydrogen-bond acceptors (Lipinski definition) is 4. The van der Waals surface area contributed by atoms with E-state index >= 15 is 0 Å². The third kappa shape index (κ3) is 3.20. The van der Waals surface area contributed by atoms with Crippen LogP contribution in [0.3, 0.4) is 0 Å². The van der Waals surface area contributed by atoms with Gasteiger partial charge in [0.15, 0.2) is 5.69 Å². The number of nitrogens with zero attached hydrogens (tertiary/aromatic N) is 5. The molecule has 4 rings (SSSR count). The van der Waals surface area contributed by atoms with E-state index in [1.807, 2.05) is 18.2 Å². The van der Waals surface area contributed by atoms with Gasteiger partial charge in [0.05, 0.1) is 24.5 Å². The molecule has 7 heteroatoms. The molecule has 0 bridgehead atoms. The molecule has 1 saturated heterocycles. The van der Waals surface area contributed by atoms with Crippen LogP contribution in [-0.4, -0.2) is 37.3 Å². The van der Waals surface area contributed by atoms with Crippen LogP contribution in [0.25, 0.3) is 0 Å². The summed E-state index contributed by atoms with van der Waals surface area (Å²) in [6.45, 7) is 0.900. The van der Waals surface area contributed by atoms with Crippen molar-refractivity contribution in [2.45, 2.75) is 25.4 Å². The highest BCUT2D eigenvalue weighted by Crippen LogP contribution is 2.31. The number of amides is 1. The van der Waals surface area contributed by atoms with Crippen LogP contribution in [-0.2, 0) is 6.54 Å². The molecule has 1 aliphatic rings. The van der Waals surface area contributed by atoms with Crippen molar-refractivity contribution in [2.75, 3.05) is 6.54 Å². The molecule has 3 aromatic rings. The average molecular weight is 351 g/mol. The summed E-state index contributed by atoms with van der Waals surface area (Å²) in [5.74, 6) is -0.469. The fourth-order valence-corrected chi connectivity index (χ4v) is 3.31. The Labute approximate surface area is 150 Å². The van der Waals surface area contributed by atoms with Crippen LogP contribution >= 0.6 is 0 Å². The van der Waals surface area contributed by atoms with Crippen molar-refractivity contribution in [3.63, 3.8) is 0 Å². The van der Waals surface area contributed by atoms with Crippen LogP contribution in [0.15, 0.2) is 54.9 Å². The van der Waals surface area contributed by atoms with Crippen molar-refractivity contribution in [1.29, 1.82) is 0 Å². The second kappa shape index (κ2) is 7.03. The Hall–Kier alpha value is -3.09. The van der Waals surface area contributed by atoms with Crippen molar-refractivity contribution in [1.82, 2.24) is 24.9 Å². The number of aromatic nitrogens is 4. The molecule has 0 radical (unpaired) electrons. The van der Waals surface area contributed by atoms with Gasteiger partial charge in [-0.15, -0.1) is 5.10 Å². The van der Waals surface area contributed by atoms with E-state index < -0.39 is 0 Å². The van der Waals surface area contributed by atoms with Crippen LogP contribution in [0, 0.1) is 5.82 Å². The van der Waals surface area contributed by atoms with Crippen LogP contribution in [0.2, 0.25) is 0 Å². The van der Waals surface area contributed by atoms with E-state index in [2.05, 4.69) is 15.3 Å². The summed E-state index contributed by atoms with van der Waals surface area (Å²) in [4.78, 5) is 19.0. The van der Waals surface area contributed by atoms with E-state index in [0.29, 0.717) is 12.1 Å². The number of likely N-dealkylation sites (tertiary alicyclic amines) is 1. The fourth-order valence-electron chi connectivity index (χ4n) is 3.31. The smallest absolute Gasteiger partial charge is 0.276 e. The first-order valence-electron chi connectivity index (χ1n) is 8.58. The number of hydrogen-bond donors (Lipinski definition) is 0. The molecule has 2 aromatic heterocycles. The van der Waals surface area contributed by atoms with E-state index in [9.17, 15) is 9.18 Å². The first-order chi connectivity index (χ1) is 12.7. The molecule has 1 atom stereocenters. The van der Waals surface area contributed by atoms with Gasteiger partial charge in [0.25, 0.3) is 5.91 Å². The molecule has 0 N–H and O–H groups in total. The standard InChI is InChI=1S/C19H18FN5O/c20-15-7-2-1-6-14(15)12-24-13-17(22-23-24)19(26)25-11-5-9-18(25)16-8-3-4-10-21-16/h1-4,6-8,10,13,18H,5,9,11-12H2/t18-/m1/s1. The van der Waals surface area contributed by atoms with Crippen LogP contribution in [0.1, 0.15) is 40.6 Å². The number of pyridine rings is 1. The van der Waals surface area contributed by atoms with E-state index in [0.717, 1.165) is 18.5 Å². The highest BCUT2D eigenvalue weighted by Gasteiger charge is 2.32. The molecule has 1 aliphatic heterocycles. The van der Waals surface area contributed by atoms with Crippen LogP contribution < -0.4 is 0 Å². The molecule has 0 saturated carbocycles. The average Bonchev–Trinajstić information content (AvgIpc) is 3.33. The van der Waals surface area contributed by atoms with Gasteiger partial charge in [0.1, 0.15) is 5.82 Å². The lowest BCUT2D eigenvalue weighted by atomic mass is 10.1. The number of carbonyl (C=O) groups excluding carboxylic acids is 1. The quantitative estimate of drug-likeness (QED) is 0.725. The van der Waals surface area contributed by atoms with Gasteiger partial charge >= 0.3 is 0 Å². The molecule has 1 aromatic carbocycles. The lowest BCUT2D eigenvalue weighted by Gasteiger charge is -2.23. The maximum absolute atomic E-state index is 13.8. The predicted octanol–water partition coefficient (Wildman–Crippen LogP) is 2.84. The topological polar surface area (TPSA) is 63.9 Å². The number of rotatable bonds is 4. The molecule has 0 unspecified atom stereocenters. The van der Waals surface area contributed by atoms with Crippen molar-refractivity contribution < 1.29 is 9.18 Å². The first kappa shape index (κ1) is 16.4. The summed E-state index contributed by atoms with van der Waals surface area (Å²) in [5, 5.41) is 7.97. The Morgan fingerprint density at radius 1 is 1.19 bits per heavy atom. The summed E-state index contributed by atoms with van der Waals surface area (Å²) in [6, 6.07) is 12.2. The van der Waals surface area contributed by atoms with Gasteiger partial charge in [-0.1, -0.05) is 29.5 Å². The van der Waals surface area contributed by atoms with E-state index in [4.69, 9.17) is 0 Å². The molecule has 26 heavy (non-hydrogen) atoms. The third-order valence-electron chi connectivity index (χ3n) is 4.59. The molecular formula is C19H18FN5O. The van der Waals surface area contributed by atoms with Crippen molar-refractivity contribution in [3.8, 4) is 0 Å². The van der Waals surface area contributed by atoms with E-state index in [1.54, 1.807) is 35.5 Å². The molecule has 1 amide bonds. The van der Waals surface area contributed by atoms with Crippen molar-refractivity contribution in [3.05, 3.63) is 77.6 Å². The van der Waals surface area contributed by atoms with Crippen molar-refractivity contribution >= 4 is 5.91 Å². The largest absolute Gasteiger partial charge is 0.329 e. The Morgan fingerprint density at radius 2 is 2.04 bits per heavy atom. The number of benzene rings is 1. The monoisotopic (exact) mass is 351 g/mol. The number of carbonyl (C=O) groups is 1. The molecule has 132 valence electrons. The lowest BCUT2D eigenvalue weighted by molar-refractivity contribution is 0.0727. The van der Waals surface area contributed by atoms with Crippen molar-refractivity contribution in [2.24, 2.45) is 0 Å². The second-order valence-corrected chi connectivity index (χ2v) is 6.30. The van der Waals surface area contributed by atoms with Crippen LogP contribution in [0.5, 0.6) is 0 Å². The molecule has 1 fully saturated rings. The highest BCUT2D eigenvalue weighted by molar-refractivity contribution is 5.92. The minimum absolute atomic E-state index is 0.0413. The zero-order chi connectivity index (χ0) is 17.9. The number of halogens is 1. The predicted molar refractivity (Wildman–Crippen MR) is 92.8 cm³/mol. The Kier molecular flexibility index (Phi) is 4.43. The highest BCUT2D eigenvalue weighted by atomic mass is 19.1. The third-order valence-corrected chi connectivity index (χ3v) is 4.59. The Bertz CT molecular complexity index is 911. The molecule has 6 nitrogen and oxygen atoms in total. The zero-order valence-electron chi connectivity index (χ0n) is 14.1. The summed E-state index contributed by atoms with van der Waals surface area (Å²) in [5.41, 5.74) is 1.66. The second-order valence-electron chi connectivity index (χ2n) is 6.30. The SMILES string of the molecule is O=C(c1cn(Cc2ccccc2F)nn1)N1CCC[C@@H]1c1ccccn1. The Morgan fingerprint density at radius 3 is 2.85 bits per heavy atom. The molecule has 3 heterocycles. The minimum atomic E-state index is -0.300. The maximum atomic E-state index is 13.8. The molecule has 0 aliphatic carbocycles. The fraction of sp³-hybridized carbons (Fsp3) is 0.263.